The van der Waals surface area contributed by atoms with Gasteiger partial charge in [-0.2, -0.15) is 0 Å². The molecule has 1 aliphatic heterocycles. The quantitative estimate of drug-likeness (QED) is 0.911. The van der Waals surface area contributed by atoms with Crippen molar-refractivity contribution < 1.29 is 23.8 Å². The van der Waals surface area contributed by atoms with Gasteiger partial charge in [-0.3, -0.25) is 0 Å². The lowest BCUT2D eigenvalue weighted by atomic mass is 10.0. The van der Waals surface area contributed by atoms with Crippen LogP contribution in [-0.2, 0) is 9.47 Å². The fraction of sp³-hybridized carbons (Fsp3) is 0.562. The van der Waals surface area contributed by atoms with Crippen LogP contribution in [0.1, 0.15) is 32.4 Å². The van der Waals surface area contributed by atoms with Gasteiger partial charge in [0.1, 0.15) is 23.6 Å². The molecule has 22 heavy (non-hydrogen) atoms. The smallest absolute Gasteiger partial charge is 0.410 e. The van der Waals surface area contributed by atoms with Gasteiger partial charge in [-0.15, -0.1) is 0 Å². The molecular formula is C16H22FNO4. The van der Waals surface area contributed by atoms with Gasteiger partial charge >= 0.3 is 6.09 Å². The van der Waals surface area contributed by atoms with E-state index in [0.717, 1.165) is 0 Å². The van der Waals surface area contributed by atoms with E-state index in [4.69, 9.17) is 9.47 Å². The molecule has 1 fully saturated rings. The third kappa shape index (κ3) is 4.42. The van der Waals surface area contributed by atoms with Gasteiger partial charge in [0.05, 0.1) is 13.2 Å². The second-order valence-corrected chi connectivity index (χ2v) is 6.34. The average Bonchev–Trinajstić information content (AvgIpc) is 2.45. The Balaban J connectivity index is 2.02. The summed E-state index contributed by atoms with van der Waals surface area (Å²) >= 11 is 0. The molecule has 0 radical (unpaired) electrons. The molecule has 0 aliphatic carbocycles. The standard InChI is InChI=1S/C16H22FNO4/c1-16(2,3)22-15(20)18-7-8-21-13(10-18)14(19)11-5-4-6-12(17)9-11/h4-6,9,13-14,19H,7-8,10H2,1-3H3. The molecular weight excluding hydrogens is 289 g/mol. The van der Waals surface area contributed by atoms with Crippen molar-refractivity contribution in [2.45, 2.75) is 38.6 Å². The Bertz CT molecular complexity index is 529. The van der Waals surface area contributed by atoms with E-state index in [2.05, 4.69) is 0 Å². The predicted octanol–water partition coefficient (Wildman–Crippen LogP) is 2.50. The molecule has 2 atom stereocenters. The Kier molecular flexibility index (Phi) is 5.03. The summed E-state index contributed by atoms with van der Waals surface area (Å²) in [7, 11) is 0. The highest BCUT2D eigenvalue weighted by atomic mass is 19.1. The molecule has 2 rings (SSSR count). The third-order valence-corrected chi connectivity index (χ3v) is 3.29. The molecule has 0 spiro atoms. The second-order valence-electron chi connectivity index (χ2n) is 6.34. The van der Waals surface area contributed by atoms with Crippen LogP contribution >= 0.6 is 0 Å². The van der Waals surface area contributed by atoms with Crippen molar-refractivity contribution in [1.82, 2.24) is 4.90 Å². The van der Waals surface area contributed by atoms with E-state index in [-0.39, 0.29) is 6.54 Å². The maximum Gasteiger partial charge on any atom is 0.410 e. The van der Waals surface area contributed by atoms with Gasteiger partial charge in [0.2, 0.25) is 0 Å². The van der Waals surface area contributed by atoms with E-state index in [1.165, 1.54) is 23.1 Å². The zero-order valence-electron chi connectivity index (χ0n) is 13.1. The Morgan fingerprint density at radius 2 is 2.23 bits per heavy atom. The number of aliphatic hydroxyl groups is 1. The number of carbonyl (C=O) groups is 1. The van der Waals surface area contributed by atoms with E-state index < -0.39 is 29.7 Å². The first kappa shape index (κ1) is 16.7. The van der Waals surface area contributed by atoms with Crippen LogP contribution in [0.4, 0.5) is 9.18 Å². The zero-order valence-corrected chi connectivity index (χ0v) is 13.1. The molecule has 0 aromatic heterocycles. The molecule has 122 valence electrons. The van der Waals surface area contributed by atoms with E-state index >= 15 is 0 Å². The SMILES string of the molecule is CC(C)(C)OC(=O)N1CCOC(C(O)c2cccc(F)c2)C1. The zero-order chi connectivity index (χ0) is 16.3. The summed E-state index contributed by atoms with van der Waals surface area (Å²) in [6.45, 7) is 6.30. The molecule has 1 aromatic rings. The lowest BCUT2D eigenvalue weighted by Gasteiger charge is -2.36. The van der Waals surface area contributed by atoms with Crippen LogP contribution in [0.25, 0.3) is 0 Å². The monoisotopic (exact) mass is 311 g/mol. The first-order valence-electron chi connectivity index (χ1n) is 7.29. The van der Waals surface area contributed by atoms with Gasteiger partial charge < -0.3 is 19.5 Å². The number of nitrogens with zero attached hydrogens (tertiary/aromatic N) is 1. The summed E-state index contributed by atoms with van der Waals surface area (Å²) in [5, 5.41) is 10.3. The normalized spacial score (nSPS) is 20.6. The van der Waals surface area contributed by atoms with E-state index in [9.17, 15) is 14.3 Å². The van der Waals surface area contributed by atoms with Crippen molar-refractivity contribution in [2.75, 3.05) is 19.7 Å². The molecule has 6 heteroatoms. The van der Waals surface area contributed by atoms with Gasteiger partial charge in [-0.1, -0.05) is 12.1 Å². The van der Waals surface area contributed by atoms with E-state index in [1.54, 1.807) is 26.8 Å². The Labute approximate surface area is 129 Å². The molecule has 1 saturated heterocycles. The predicted molar refractivity (Wildman–Crippen MR) is 78.9 cm³/mol. The highest BCUT2D eigenvalue weighted by Gasteiger charge is 2.32. The average molecular weight is 311 g/mol. The summed E-state index contributed by atoms with van der Waals surface area (Å²) in [4.78, 5) is 13.6. The number of halogens is 1. The minimum atomic E-state index is -0.999. The first-order valence-corrected chi connectivity index (χ1v) is 7.29. The molecule has 0 bridgehead atoms. The minimum absolute atomic E-state index is 0.201. The van der Waals surface area contributed by atoms with Gasteiger partial charge in [-0.25, -0.2) is 9.18 Å². The maximum absolute atomic E-state index is 13.2. The fourth-order valence-corrected chi connectivity index (χ4v) is 2.26. The van der Waals surface area contributed by atoms with Gasteiger partial charge in [-0.05, 0) is 38.5 Å². The van der Waals surface area contributed by atoms with Crippen molar-refractivity contribution >= 4 is 6.09 Å². The summed E-state index contributed by atoms with van der Waals surface area (Å²) < 4.78 is 24.1. The van der Waals surface area contributed by atoms with Crippen molar-refractivity contribution in [2.24, 2.45) is 0 Å². The number of aliphatic hydroxyl groups excluding tert-OH is 1. The summed E-state index contributed by atoms with van der Waals surface area (Å²) in [5.74, 6) is -0.420. The number of morpholine rings is 1. The number of carbonyl (C=O) groups excluding carboxylic acids is 1. The number of rotatable bonds is 2. The van der Waals surface area contributed by atoms with Gasteiger partial charge in [0.25, 0.3) is 0 Å². The number of hydrogen-bond acceptors (Lipinski definition) is 4. The molecule has 1 heterocycles. The minimum Gasteiger partial charge on any atom is -0.444 e. The second kappa shape index (κ2) is 6.62. The van der Waals surface area contributed by atoms with Crippen LogP contribution in [-0.4, -0.2) is 47.5 Å². The summed E-state index contributed by atoms with van der Waals surface area (Å²) in [5.41, 5.74) is -0.150. The van der Waals surface area contributed by atoms with Crippen LogP contribution < -0.4 is 0 Å². The largest absolute Gasteiger partial charge is 0.444 e. The van der Waals surface area contributed by atoms with Gasteiger partial charge in [0.15, 0.2) is 0 Å². The Morgan fingerprint density at radius 3 is 2.86 bits per heavy atom. The molecule has 0 saturated carbocycles. The third-order valence-electron chi connectivity index (χ3n) is 3.29. The van der Waals surface area contributed by atoms with Crippen molar-refractivity contribution in [3.05, 3.63) is 35.6 Å². The number of amides is 1. The molecule has 1 amide bonds. The molecule has 1 aromatic carbocycles. The number of ether oxygens (including phenoxy) is 2. The van der Waals surface area contributed by atoms with Crippen molar-refractivity contribution in [1.29, 1.82) is 0 Å². The summed E-state index contributed by atoms with van der Waals surface area (Å²) in [6, 6.07) is 5.73. The molecule has 1 aliphatic rings. The van der Waals surface area contributed by atoms with Crippen molar-refractivity contribution in [3.8, 4) is 0 Å². The van der Waals surface area contributed by atoms with Crippen LogP contribution in [0, 0.1) is 5.82 Å². The lowest BCUT2D eigenvalue weighted by Crippen LogP contribution is -2.49. The molecule has 5 nitrogen and oxygen atoms in total. The Hall–Kier alpha value is -1.66. The van der Waals surface area contributed by atoms with E-state index in [1.807, 2.05) is 0 Å². The van der Waals surface area contributed by atoms with Crippen LogP contribution in [0.3, 0.4) is 0 Å². The molecule has 1 N–H and O–H groups in total. The van der Waals surface area contributed by atoms with Gasteiger partial charge in [0, 0.05) is 6.54 Å². The fourth-order valence-electron chi connectivity index (χ4n) is 2.26. The first-order chi connectivity index (χ1) is 10.3. The number of benzene rings is 1. The van der Waals surface area contributed by atoms with Crippen LogP contribution in [0.2, 0.25) is 0 Å². The van der Waals surface area contributed by atoms with Crippen molar-refractivity contribution in [3.63, 3.8) is 0 Å². The highest BCUT2D eigenvalue weighted by molar-refractivity contribution is 5.68. The summed E-state index contributed by atoms with van der Waals surface area (Å²) in [6.07, 6.45) is -2.05. The van der Waals surface area contributed by atoms with Crippen LogP contribution in [0.5, 0.6) is 0 Å². The van der Waals surface area contributed by atoms with E-state index in [0.29, 0.717) is 18.7 Å². The highest BCUT2D eigenvalue weighted by Crippen LogP contribution is 2.23. The number of hydrogen-bond donors (Lipinski definition) is 1. The Morgan fingerprint density at radius 1 is 1.50 bits per heavy atom. The van der Waals surface area contributed by atoms with Crippen LogP contribution in [0.15, 0.2) is 24.3 Å². The molecule has 2 unspecified atom stereocenters. The maximum atomic E-state index is 13.2. The lowest BCUT2D eigenvalue weighted by molar-refractivity contribution is -0.0908. The topological polar surface area (TPSA) is 59.0 Å².